The summed E-state index contributed by atoms with van der Waals surface area (Å²) in [7, 11) is 5.57. The predicted molar refractivity (Wildman–Crippen MR) is 124 cm³/mol. The van der Waals surface area contributed by atoms with E-state index in [2.05, 4.69) is 9.88 Å². The molecule has 160 valence electrons. The number of carbonyl (C=O) groups is 1. The van der Waals surface area contributed by atoms with Crippen LogP contribution in [0.25, 0.3) is 21.2 Å². The summed E-state index contributed by atoms with van der Waals surface area (Å²) in [4.78, 5) is 34.3. The van der Waals surface area contributed by atoms with Gasteiger partial charge in [0.2, 0.25) is 0 Å². The molecule has 4 aromatic rings. The minimum absolute atomic E-state index is 0.000361. The highest BCUT2D eigenvalue weighted by molar-refractivity contribution is 7.22. The van der Waals surface area contributed by atoms with Gasteiger partial charge in [0.05, 0.1) is 17.3 Å². The number of nitrogens with zero attached hydrogens (tertiary/aromatic N) is 3. The van der Waals surface area contributed by atoms with Gasteiger partial charge in [-0.3, -0.25) is 9.69 Å². The van der Waals surface area contributed by atoms with Crippen LogP contribution < -0.4 is 15.3 Å². The van der Waals surface area contributed by atoms with Crippen LogP contribution in [0.5, 0.6) is 5.75 Å². The first kappa shape index (κ1) is 21.0. The molecule has 0 atom stereocenters. The molecule has 8 heteroatoms. The van der Waals surface area contributed by atoms with Crippen LogP contribution in [0.4, 0.5) is 5.13 Å². The molecule has 7 nitrogen and oxygen atoms in total. The van der Waals surface area contributed by atoms with Crippen LogP contribution in [-0.2, 0) is 0 Å². The average molecular weight is 438 g/mol. The first-order chi connectivity index (χ1) is 15.0. The minimum Gasteiger partial charge on any atom is -0.497 e. The van der Waals surface area contributed by atoms with Gasteiger partial charge >= 0.3 is 5.63 Å². The van der Waals surface area contributed by atoms with Gasteiger partial charge in [0, 0.05) is 11.9 Å². The Bertz CT molecular complexity index is 1290. The molecule has 0 saturated carbocycles. The van der Waals surface area contributed by atoms with Crippen molar-refractivity contribution in [2.24, 2.45) is 0 Å². The molecule has 2 aromatic heterocycles. The fourth-order valence-corrected chi connectivity index (χ4v) is 4.34. The van der Waals surface area contributed by atoms with E-state index in [0.29, 0.717) is 22.6 Å². The maximum atomic E-state index is 13.5. The summed E-state index contributed by atoms with van der Waals surface area (Å²) in [5.74, 6) is 0.313. The lowest BCUT2D eigenvalue weighted by atomic mass is 10.1. The zero-order valence-electron chi connectivity index (χ0n) is 17.6. The van der Waals surface area contributed by atoms with Crippen LogP contribution in [0.1, 0.15) is 16.8 Å². The van der Waals surface area contributed by atoms with Gasteiger partial charge in [-0.1, -0.05) is 29.5 Å². The van der Waals surface area contributed by atoms with E-state index in [1.165, 1.54) is 11.3 Å². The number of anilines is 1. The Kier molecular flexibility index (Phi) is 6.01. The van der Waals surface area contributed by atoms with Crippen LogP contribution >= 0.6 is 11.3 Å². The fourth-order valence-electron chi connectivity index (χ4n) is 3.32. The summed E-state index contributed by atoms with van der Waals surface area (Å²) in [5.41, 5.74) is 0.580. The van der Waals surface area contributed by atoms with Crippen molar-refractivity contribution in [3.8, 4) is 5.75 Å². The Morgan fingerprint density at radius 3 is 2.71 bits per heavy atom. The van der Waals surface area contributed by atoms with E-state index in [-0.39, 0.29) is 5.56 Å². The van der Waals surface area contributed by atoms with Gasteiger partial charge in [0.25, 0.3) is 5.91 Å². The molecule has 0 radical (unpaired) electrons. The lowest BCUT2D eigenvalue weighted by Crippen LogP contribution is -2.36. The molecule has 0 fully saturated rings. The molecular weight excluding hydrogens is 414 g/mol. The number of hydrogen-bond donors (Lipinski definition) is 0. The Morgan fingerprint density at radius 2 is 1.94 bits per heavy atom. The van der Waals surface area contributed by atoms with Gasteiger partial charge in [-0.25, -0.2) is 9.78 Å². The van der Waals surface area contributed by atoms with Crippen LogP contribution in [0.3, 0.4) is 0 Å². The number of aromatic nitrogens is 1. The van der Waals surface area contributed by atoms with Gasteiger partial charge in [-0.2, -0.15) is 0 Å². The number of rotatable bonds is 7. The normalized spacial score (nSPS) is 11.4. The molecule has 0 aliphatic heterocycles. The van der Waals surface area contributed by atoms with Crippen molar-refractivity contribution in [2.45, 2.75) is 6.42 Å². The Labute approximate surface area is 183 Å². The zero-order valence-corrected chi connectivity index (χ0v) is 18.4. The summed E-state index contributed by atoms with van der Waals surface area (Å²) < 4.78 is 11.6. The maximum absolute atomic E-state index is 13.5. The quantitative estimate of drug-likeness (QED) is 0.407. The molecule has 4 rings (SSSR count). The van der Waals surface area contributed by atoms with Crippen molar-refractivity contribution < 1.29 is 13.9 Å². The molecule has 0 aliphatic rings. The minimum atomic E-state index is -0.649. The Hall–Kier alpha value is -3.23. The SMILES string of the molecule is COc1ccc2nc(N(CCCN(C)C)C(=O)c3cc4ccccc4oc3=O)sc2c1. The number of thiazole rings is 1. The molecule has 0 saturated heterocycles. The molecule has 0 spiro atoms. The monoisotopic (exact) mass is 437 g/mol. The van der Waals surface area contributed by atoms with Crippen LogP contribution in [0.15, 0.2) is 57.7 Å². The van der Waals surface area contributed by atoms with E-state index < -0.39 is 11.5 Å². The molecule has 2 heterocycles. The highest BCUT2D eigenvalue weighted by Crippen LogP contribution is 2.32. The summed E-state index contributed by atoms with van der Waals surface area (Å²) in [6.45, 7) is 1.23. The third kappa shape index (κ3) is 4.45. The van der Waals surface area contributed by atoms with Gasteiger partial charge in [-0.05, 0) is 57.4 Å². The summed E-state index contributed by atoms with van der Waals surface area (Å²) >= 11 is 1.39. The second-order valence-corrected chi connectivity index (χ2v) is 8.44. The van der Waals surface area contributed by atoms with E-state index in [1.807, 2.05) is 44.4 Å². The highest BCUT2D eigenvalue weighted by Gasteiger charge is 2.24. The van der Waals surface area contributed by atoms with Crippen LogP contribution in [-0.4, -0.2) is 50.1 Å². The molecule has 2 aromatic carbocycles. The average Bonchev–Trinajstić information content (AvgIpc) is 3.18. The molecule has 0 N–H and O–H groups in total. The number of benzene rings is 2. The van der Waals surface area contributed by atoms with Crippen molar-refractivity contribution in [1.82, 2.24) is 9.88 Å². The van der Waals surface area contributed by atoms with Crippen molar-refractivity contribution in [3.63, 3.8) is 0 Å². The lowest BCUT2D eigenvalue weighted by molar-refractivity contribution is 0.0982. The van der Waals surface area contributed by atoms with Gasteiger partial charge in [0.15, 0.2) is 5.13 Å². The molecule has 0 aliphatic carbocycles. The number of carbonyl (C=O) groups excluding carboxylic acids is 1. The second kappa shape index (κ2) is 8.87. The third-order valence-electron chi connectivity index (χ3n) is 4.92. The van der Waals surface area contributed by atoms with Crippen molar-refractivity contribution in [2.75, 3.05) is 39.2 Å². The standard InChI is InChI=1S/C23H23N3O4S/c1-25(2)11-6-12-26(23-24-18-10-9-16(29-3)14-20(18)31-23)21(27)17-13-15-7-4-5-8-19(15)30-22(17)28/h4-5,7-10,13-14H,6,11-12H2,1-3H3. The number of fused-ring (bicyclic) bond motifs is 2. The number of ether oxygens (including phenoxy) is 1. The van der Waals surface area contributed by atoms with E-state index in [4.69, 9.17) is 9.15 Å². The van der Waals surface area contributed by atoms with E-state index in [1.54, 1.807) is 30.2 Å². The predicted octanol–water partition coefficient (Wildman–Crippen LogP) is 4.01. The first-order valence-electron chi connectivity index (χ1n) is 9.90. The van der Waals surface area contributed by atoms with Gasteiger partial charge in [0.1, 0.15) is 16.9 Å². The first-order valence-corrected chi connectivity index (χ1v) is 10.7. The summed E-state index contributed by atoms with van der Waals surface area (Å²) in [6.07, 6.45) is 0.733. The largest absolute Gasteiger partial charge is 0.497 e. The number of hydrogen-bond acceptors (Lipinski definition) is 7. The van der Waals surface area contributed by atoms with Gasteiger partial charge < -0.3 is 14.1 Å². The highest BCUT2D eigenvalue weighted by atomic mass is 32.1. The topological polar surface area (TPSA) is 75.9 Å². The van der Waals surface area contributed by atoms with Crippen molar-refractivity contribution in [1.29, 1.82) is 0 Å². The molecule has 31 heavy (non-hydrogen) atoms. The smallest absolute Gasteiger partial charge is 0.349 e. The number of para-hydroxylation sites is 1. The van der Waals surface area contributed by atoms with Gasteiger partial charge in [-0.15, -0.1) is 0 Å². The maximum Gasteiger partial charge on any atom is 0.349 e. The molecule has 0 unspecified atom stereocenters. The molecule has 1 amide bonds. The van der Waals surface area contributed by atoms with E-state index in [0.717, 1.165) is 28.9 Å². The second-order valence-electron chi connectivity index (χ2n) is 7.43. The molecule has 0 bridgehead atoms. The van der Waals surface area contributed by atoms with E-state index >= 15 is 0 Å². The Balaban J connectivity index is 1.75. The van der Waals surface area contributed by atoms with E-state index in [9.17, 15) is 9.59 Å². The van der Waals surface area contributed by atoms with Crippen LogP contribution in [0, 0.1) is 0 Å². The molecular formula is C23H23N3O4S. The zero-order chi connectivity index (χ0) is 22.0. The summed E-state index contributed by atoms with van der Waals surface area (Å²) in [5, 5.41) is 1.24. The fraction of sp³-hybridized carbons (Fsp3) is 0.261. The Morgan fingerprint density at radius 1 is 1.13 bits per heavy atom. The lowest BCUT2D eigenvalue weighted by Gasteiger charge is -2.20. The van der Waals surface area contributed by atoms with Crippen molar-refractivity contribution in [3.05, 3.63) is 64.5 Å². The van der Waals surface area contributed by atoms with Crippen molar-refractivity contribution >= 4 is 43.6 Å². The summed E-state index contributed by atoms with van der Waals surface area (Å²) in [6, 6.07) is 14.3. The van der Waals surface area contributed by atoms with Crippen LogP contribution in [0.2, 0.25) is 0 Å². The third-order valence-corrected chi connectivity index (χ3v) is 5.96. The number of amides is 1. The number of methoxy groups -OCH3 is 1.